The van der Waals surface area contributed by atoms with Crippen molar-refractivity contribution in [2.24, 2.45) is 5.73 Å². The maximum atomic E-state index is 5.70. The first-order chi connectivity index (χ1) is 8.24. The Morgan fingerprint density at radius 1 is 0.941 bits per heavy atom. The van der Waals surface area contributed by atoms with Gasteiger partial charge in [0.05, 0.1) is 30.7 Å². The van der Waals surface area contributed by atoms with Crippen LogP contribution in [0.3, 0.4) is 0 Å². The molecule has 0 rings (SSSR count). The Kier molecular flexibility index (Phi) is 11.4. The van der Waals surface area contributed by atoms with Gasteiger partial charge < -0.3 is 11.1 Å². The van der Waals surface area contributed by atoms with E-state index in [1.165, 1.54) is 0 Å². The van der Waals surface area contributed by atoms with Gasteiger partial charge in [-0.05, 0) is 33.7 Å². The van der Waals surface area contributed by atoms with E-state index in [2.05, 4.69) is 5.32 Å². The van der Waals surface area contributed by atoms with Gasteiger partial charge in [-0.1, -0.05) is 0 Å². The molecule has 0 aliphatic heterocycles. The third-order valence-electron chi connectivity index (χ3n) is 1.96. The number of hydrogen-bond acceptors (Lipinski definition) is 5. The van der Waals surface area contributed by atoms with Crippen LogP contribution in [0, 0.1) is 0 Å². The first-order valence-electron chi connectivity index (χ1n) is 6.39. The van der Waals surface area contributed by atoms with Gasteiger partial charge in [0.15, 0.2) is 0 Å². The Morgan fingerprint density at radius 2 is 1.47 bits per heavy atom. The van der Waals surface area contributed by atoms with Gasteiger partial charge in [0.2, 0.25) is 0 Å². The summed E-state index contributed by atoms with van der Waals surface area (Å²) in [5, 5.41) is 3.26. The maximum Gasteiger partial charge on any atom is 0.0887 e. The molecule has 106 valence electrons. The molecule has 0 bridgehead atoms. The van der Waals surface area contributed by atoms with E-state index in [0.717, 1.165) is 25.3 Å². The normalized spacial score (nSPS) is 12.9. The third-order valence-corrected chi connectivity index (χ3v) is 4.53. The van der Waals surface area contributed by atoms with Gasteiger partial charge in [-0.3, -0.25) is 12.5 Å². The minimum Gasteiger partial charge on any atom is -0.329 e. The second-order valence-electron chi connectivity index (χ2n) is 3.37. The second-order valence-corrected chi connectivity index (χ2v) is 5.60. The highest BCUT2D eigenvalue weighted by Crippen LogP contribution is 2.51. The van der Waals surface area contributed by atoms with Gasteiger partial charge in [-0.2, -0.15) is 0 Å². The first kappa shape index (κ1) is 17.2. The quantitative estimate of drug-likeness (QED) is 0.526. The molecule has 0 aromatic carbocycles. The van der Waals surface area contributed by atoms with Crippen molar-refractivity contribution in [3.63, 3.8) is 0 Å². The summed E-state index contributed by atoms with van der Waals surface area (Å²) in [7, 11) is -1.81. The highest BCUT2D eigenvalue weighted by molar-refractivity contribution is 8.21. The molecular weight excluding hydrogens is 240 g/mol. The first-order valence-corrected chi connectivity index (χ1v) is 7.97. The SMILES string of the molecule is CCOS(CCCNCCN)(OCC)OCC. The minimum atomic E-state index is -1.81. The van der Waals surface area contributed by atoms with Crippen molar-refractivity contribution in [1.82, 2.24) is 5.32 Å². The summed E-state index contributed by atoms with van der Waals surface area (Å²) in [6, 6.07) is 0. The molecule has 3 N–H and O–H groups in total. The van der Waals surface area contributed by atoms with Crippen LogP contribution in [0.2, 0.25) is 0 Å². The van der Waals surface area contributed by atoms with Crippen LogP contribution in [0.25, 0.3) is 0 Å². The largest absolute Gasteiger partial charge is 0.329 e. The van der Waals surface area contributed by atoms with Crippen molar-refractivity contribution in [2.75, 3.05) is 45.2 Å². The molecule has 0 aromatic heterocycles. The third kappa shape index (κ3) is 7.96. The van der Waals surface area contributed by atoms with E-state index in [1.807, 2.05) is 20.8 Å². The zero-order valence-corrected chi connectivity index (χ0v) is 12.2. The Balaban J connectivity index is 4.05. The molecule has 0 heterocycles. The van der Waals surface area contributed by atoms with Crippen LogP contribution < -0.4 is 11.1 Å². The Morgan fingerprint density at radius 3 is 1.88 bits per heavy atom. The van der Waals surface area contributed by atoms with Gasteiger partial charge in [0.1, 0.15) is 0 Å². The lowest BCUT2D eigenvalue weighted by atomic mass is 10.5. The lowest BCUT2D eigenvalue weighted by Crippen LogP contribution is -2.25. The predicted molar refractivity (Wildman–Crippen MR) is 73.9 cm³/mol. The highest BCUT2D eigenvalue weighted by atomic mass is 32.3. The smallest absolute Gasteiger partial charge is 0.0887 e. The van der Waals surface area contributed by atoms with Gasteiger partial charge in [-0.25, -0.2) is 0 Å². The van der Waals surface area contributed by atoms with E-state index in [4.69, 9.17) is 18.3 Å². The van der Waals surface area contributed by atoms with Crippen molar-refractivity contribution in [1.29, 1.82) is 0 Å². The average Bonchev–Trinajstić information content (AvgIpc) is 2.30. The molecule has 0 fully saturated rings. The highest BCUT2D eigenvalue weighted by Gasteiger charge is 2.25. The predicted octanol–water partition coefficient (Wildman–Crippen LogP) is 1.58. The molecule has 6 heteroatoms. The van der Waals surface area contributed by atoms with Crippen LogP contribution in [0.15, 0.2) is 0 Å². The van der Waals surface area contributed by atoms with Crippen LogP contribution in [0.5, 0.6) is 0 Å². The molecule has 5 nitrogen and oxygen atoms in total. The van der Waals surface area contributed by atoms with Crippen LogP contribution >= 0.6 is 10.9 Å². The molecule has 0 atom stereocenters. The Bertz CT molecular complexity index is 156. The van der Waals surface area contributed by atoms with Crippen LogP contribution in [0.4, 0.5) is 0 Å². The van der Waals surface area contributed by atoms with Gasteiger partial charge in [0.25, 0.3) is 0 Å². The van der Waals surface area contributed by atoms with Gasteiger partial charge in [-0.15, -0.1) is 0 Å². The van der Waals surface area contributed by atoms with E-state index in [1.54, 1.807) is 0 Å². The van der Waals surface area contributed by atoms with Crippen molar-refractivity contribution >= 4 is 10.9 Å². The number of nitrogens with two attached hydrogens (primary N) is 1. The van der Waals surface area contributed by atoms with E-state index in [0.29, 0.717) is 26.4 Å². The van der Waals surface area contributed by atoms with Crippen molar-refractivity contribution < 1.29 is 12.5 Å². The maximum absolute atomic E-state index is 5.70. The van der Waals surface area contributed by atoms with Crippen molar-refractivity contribution in [3.05, 3.63) is 0 Å². The number of nitrogens with one attached hydrogen (secondary N) is 1. The second kappa shape index (κ2) is 11.3. The molecule has 0 aliphatic carbocycles. The van der Waals surface area contributed by atoms with Crippen LogP contribution in [0.1, 0.15) is 27.2 Å². The number of hydrogen-bond donors (Lipinski definition) is 2. The number of rotatable bonds is 12. The zero-order valence-electron chi connectivity index (χ0n) is 11.4. The lowest BCUT2D eigenvalue weighted by Gasteiger charge is -2.36. The molecule has 0 saturated heterocycles. The fourth-order valence-corrected chi connectivity index (χ4v) is 3.55. The Labute approximate surface area is 107 Å². The van der Waals surface area contributed by atoms with Gasteiger partial charge in [0, 0.05) is 18.8 Å². The summed E-state index contributed by atoms with van der Waals surface area (Å²) in [6.07, 6.45) is 0.968. The minimum absolute atomic E-state index is 0.617. The fraction of sp³-hybridized carbons (Fsp3) is 1.00. The molecule has 0 amide bonds. The van der Waals surface area contributed by atoms with Gasteiger partial charge >= 0.3 is 0 Å². The molecule has 0 spiro atoms. The topological polar surface area (TPSA) is 65.7 Å². The Hall–Kier alpha value is 0.150. The molecule has 0 aromatic rings. The molecule has 0 unspecified atom stereocenters. The fourth-order valence-electron chi connectivity index (χ4n) is 1.42. The summed E-state index contributed by atoms with van der Waals surface area (Å²) in [6.45, 7) is 10.2. The molecular formula is C11H28N2O3S. The standard InChI is InChI=1S/C11H28N2O3S/c1-4-14-17(15-5-2,16-6-3)11-7-9-13-10-8-12/h13H,4-12H2,1-3H3. The van der Waals surface area contributed by atoms with E-state index >= 15 is 0 Å². The van der Waals surface area contributed by atoms with Crippen LogP contribution in [-0.2, 0) is 12.5 Å². The molecule has 0 aliphatic rings. The van der Waals surface area contributed by atoms with E-state index < -0.39 is 10.9 Å². The lowest BCUT2D eigenvalue weighted by molar-refractivity contribution is 0.185. The van der Waals surface area contributed by atoms with Crippen LogP contribution in [-0.4, -0.2) is 45.2 Å². The summed E-state index contributed by atoms with van der Waals surface area (Å²) in [4.78, 5) is 0. The monoisotopic (exact) mass is 268 g/mol. The molecule has 0 radical (unpaired) electrons. The van der Waals surface area contributed by atoms with E-state index in [-0.39, 0.29) is 0 Å². The molecule has 0 saturated carbocycles. The summed E-state index contributed by atoms with van der Waals surface area (Å²) >= 11 is 0. The van der Waals surface area contributed by atoms with Crippen molar-refractivity contribution in [3.8, 4) is 0 Å². The van der Waals surface area contributed by atoms with E-state index in [9.17, 15) is 0 Å². The summed E-state index contributed by atoms with van der Waals surface area (Å²) in [5.41, 5.74) is 5.41. The summed E-state index contributed by atoms with van der Waals surface area (Å²) in [5.74, 6) is 0.806. The average molecular weight is 268 g/mol. The van der Waals surface area contributed by atoms with Crippen molar-refractivity contribution in [2.45, 2.75) is 27.2 Å². The zero-order chi connectivity index (χ0) is 13.0. The summed E-state index contributed by atoms with van der Waals surface area (Å²) < 4.78 is 17.1. The molecule has 17 heavy (non-hydrogen) atoms.